The van der Waals surface area contributed by atoms with Crippen LogP contribution in [-0.4, -0.2) is 11.7 Å². The Morgan fingerprint density at radius 3 is 2.86 bits per heavy atom. The van der Waals surface area contributed by atoms with Gasteiger partial charge in [0, 0.05) is 29.9 Å². The molecule has 0 atom stereocenters. The van der Waals surface area contributed by atoms with Gasteiger partial charge in [0.1, 0.15) is 0 Å². The summed E-state index contributed by atoms with van der Waals surface area (Å²) in [4.78, 5) is 10.6. The van der Waals surface area contributed by atoms with Gasteiger partial charge in [-0.15, -0.1) is 0 Å². The summed E-state index contributed by atoms with van der Waals surface area (Å²) in [6.07, 6.45) is 0. The number of hydrogen-bond donors (Lipinski definition) is 1. The Balaban J connectivity index is 1.76. The van der Waals surface area contributed by atoms with Crippen LogP contribution in [-0.2, 0) is 6.54 Å². The molecule has 1 N–H and O–H groups in total. The molecule has 2 aromatic carbocycles. The van der Waals surface area contributed by atoms with E-state index in [1.807, 2.05) is 24.3 Å². The summed E-state index contributed by atoms with van der Waals surface area (Å²) in [6.45, 7) is 2.50. The highest BCUT2D eigenvalue weighted by Gasteiger charge is 2.15. The maximum atomic E-state index is 10.9. The number of nitro benzene ring substituents is 1. The van der Waals surface area contributed by atoms with Gasteiger partial charge < -0.3 is 14.8 Å². The molecule has 2 aromatic rings. The quantitative estimate of drug-likeness (QED) is 0.690. The van der Waals surface area contributed by atoms with Crippen molar-refractivity contribution in [1.82, 2.24) is 0 Å². The summed E-state index contributed by atoms with van der Waals surface area (Å²) in [5, 5.41) is 14.2. The van der Waals surface area contributed by atoms with Crippen molar-refractivity contribution < 1.29 is 14.4 Å². The second kappa shape index (κ2) is 5.32. The van der Waals surface area contributed by atoms with E-state index in [1.165, 1.54) is 6.07 Å². The number of benzene rings is 2. The lowest BCUT2D eigenvalue weighted by Crippen LogP contribution is -2.03. The van der Waals surface area contributed by atoms with Crippen molar-refractivity contribution in [3.63, 3.8) is 0 Å². The molecule has 6 nitrogen and oxygen atoms in total. The van der Waals surface area contributed by atoms with Crippen molar-refractivity contribution in [1.29, 1.82) is 0 Å². The van der Waals surface area contributed by atoms with E-state index in [0.717, 1.165) is 17.0 Å². The van der Waals surface area contributed by atoms with Gasteiger partial charge in [-0.05, 0) is 24.6 Å². The van der Waals surface area contributed by atoms with E-state index in [-0.39, 0.29) is 17.4 Å². The van der Waals surface area contributed by atoms with Gasteiger partial charge in [-0.2, -0.15) is 0 Å². The fraction of sp³-hybridized carbons (Fsp3) is 0.200. The molecule has 0 aromatic heterocycles. The second-order valence-corrected chi connectivity index (χ2v) is 4.74. The van der Waals surface area contributed by atoms with E-state index in [4.69, 9.17) is 9.47 Å². The van der Waals surface area contributed by atoms with Crippen molar-refractivity contribution in [2.45, 2.75) is 13.5 Å². The first-order valence-electron chi connectivity index (χ1n) is 6.51. The largest absolute Gasteiger partial charge is 0.454 e. The van der Waals surface area contributed by atoms with E-state index in [0.29, 0.717) is 17.9 Å². The van der Waals surface area contributed by atoms with Crippen molar-refractivity contribution in [2.75, 3.05) is 12.1 Å². The molecule has 108 valence electrons. The average molecular weight is 286 g/mol. The summed E-state index contributed by atoms with van der Waals surface area (Å²) >= 11 is 0. The predicted molar refractivity (Wildman–Crippen MR) is 77.7 cm³/mol. The lowest BCUT2D eigenvalue weighted by Gasteiger charge is -2.10. The topological polar surface area (TPSA) is 73.6 Å². The lowest BCUT2D eigenvalue weighted by atomic mass is 10.1. The second-order valence-electron chi connectivity index (χ2n) is 4.74. The van der Waals surface area contributed by atoms with Crippen LogP contribution >= 0.6 is 0 Å². The van der Waals surface area contributed by atoms with Crippen molar-refractivity contribution in [2.24, 2.45) is 0 Å². The van der Waals surface area contributed by atoms with Crippen LogP contribution < -0.4 is 14.8 Å². The molecule has 0 unspecified atom stereocenters. The Hall–Kier alpha value is -2.76. The average Bonchev–Trinajstić information content (AvgIpc) is 2.93. The summed E-state index contributed by atoms with van der Waals surface area (Å²) in [5.74, 6) is 1.43. The van der Waals surface area contributed by atoms with Gasteiger partial charge in [0.2, 0.25) is 6.79 Å². The predicted octanol–water partition coefficient (Wildman–Crippen LogP) is 3.24. The number of anilines is 1. The molecular formula is C15H14N2O4. The molecule has 0 amide bonds. The molecule has 1 aliphatic rings. The molecule has 3 rings (SSSR count). The monoisotopic (exact) mass is 286 g/mol. The van der Waals surface area contributed by atoms with Crippen LogP contribution in [0.2, 0.25) is 0 Å². The first-order chi connectivity index (χ1) is 10.1. The van der Waals surface area contributed by atoms with Crippen LogP contribution in [0.3, 0.4) is 0 Å². The number of nitrogens with zero attached hydrogens (tertiary/aromatic N) is 1. The zero-order valence-electron chi connectivity index (χ0n) is 11.5. The van der Waals surface area contributed by atoms with E-state index in [9.17, 15) is 10.1 Å². The first-order valence-corrected chi connectivity index (χ1v) is 6.51. The lowest BCUT2D eigenvalue weighted by molar-refractivity contribution is -0.385. The van der Waals surface area contributed by atoms with Crippen LogP contribution in [0.1, 0.15) is 11.1 Å². The van der Waals surface area contributed by atoms with Gasteiger partial charge >= 0.3 is 0 Å². The van der Waals surface area contributed by atoms with Crippen LogP contribution in [0.4, 0.5) is 11.4 Å². The van der Waals surface area contributed by atoms with Gasteiger partial charge in [0.25, 0.3) is 5.69 Å². The Morgan fingerprint density at radius 1 is 1.24 bits per heavy atom. The zero-order valence-corrected chi connectivity index (χ0v) is 11.5. The summed E-state index contributed by atoms with van der Waals surface area (Å²) < 4.78 is 10.6. The van der Waals surface area contributed by atoms with Gasteiger partial charge in [-0.3, -0.25) is 10.1 Å². The molecule has 0 spiro atoms. The Bertz CT molecular complexity index is 700. The minimum atomic E-state index is -0.362. The molecule has 0 aliphatic carbocycles. The molecule has 0 saturated carbocycles. The van der Waals surface area contributed by atoms with Gasteiger partial charge in [-0.1, -0.05) is 12.1 Å². The minimum absolute atomic E-state index is 0.139. The number of rotatable bonds is 4. The van der Waals surface area contributed by atoms with E-state index in [1.54, 1.807) is 13.0 Å². The third kappa shape index (κ3) is 2.60. The van der Waals surface area contributed by atoms with E-state index < -0.39 is 0 Å². The van der Waals surface area contributed by atoms with Gasteiger partial charge in [0.15, 0.2) is 11.5 Å². The fourth-order valence-corrected chi connectivity index (χ4v) is 2.26. The number of hydrogen-bond acceptors (Lipinski definition) is 5. The number of nitro groups is 1. The summed E-state index contributed by atoms with van der Waals surface area (Å²) in [5.41, 5.74) is 2.59. The zero-order chi connectivity index (χ0) is 14.8. The van der Waals surface area contributed by atoms with Gasteiger partial charge in [0.05, 0.1) is 4.92 Å². The number of nitrogens with one attached hydrogen (secondary N) is 1. The molecule has 21 heavy (non-hydrogen) atoms. The number of ether oxygens (including phenoxy) is 2. The van der Waals surface area contributed by atoms with E-state index >= 15 is 0 Å². The van der Waals surface area contributed by atoms with Crippen LogP contribution in [0.15, 0.2) is 36.4 Å². The molecule has 1 aliphatic heterocycles. The Morgan fingerprint density at radius 2 is 2.05 bits per heavy atom. The smallest absolute Gasteiger partial charge is 0.272 e. The molecule has 0 fully saturated rings. The normalized spacial score (nSPS) is 12.2. The molecule has 0 saturated heterocycles. The van der Waals surface area contributed by atoms with E-state index in [2.05, 4.69) is 5.32 Å². The highest BCUT2D eigenvalue weighted by atomic mass is 16.7. The minimum Gasteiger partial charge on any atom is -0.454 e. The summed E-state index contributed by atoms with van der Waals surface area (Å²) in [7, 11) is 0. The van der Waals surface area contributed by atoms with Crippen molar-refractivity contribution in [3.8, 4) is 11.5 Å². The summed E-state index contributed by atoms with van der Waals surface area (Å²) in [6, 6.07) is 10.7. The van der Waals surface area contributed by atoms with Crippen LogP contribution in [0.5, 0.6) is 11.5 Å². The molecule has 1 heterocycles. The standard InChI is InChI=1S/C15H14N2O4/c1-10-11(3-2-4-13(10)17(18)19)8-16-12-5-6-14-15(7-12)21-9-20-14/h2-7,16H,8-9H2,1H3. The Labute approximate surface area is 121 Å². The van der Waals surface area contributed by atoms with Crippen molar-refractivity contribution in [3.05, 3.63) is 57.6 Å². The third-order valence-electron chi connectivity index (χ3n) is 3.47. The highest BCUT2D eigenvalue weighted by molar-refractivity contribution is 5.56. The van der Waals surface area contributed by atoms with Crippen LogP contribution in [0.25, 0.3) is 0 Å². The Kier molecular flexibility index (Phi) is 3.35. The van der Waals surface area contributed by atoms with Crippen LogP contribution in [0, 0.1) is 17.0 Å². The molecule has 0 bridgehead atoms. The SMILES string of the molecule is Cc1c(CNc2ccc3c(c2)OCO3)cccc1[N+](=O)[O-]. The first kappa shape index (κ1) is 13.2. The molecule has 0 radical (unpaired) electrons. The molecular weight excluding hydrogens is 272 g/mol. The van der Waals surface area contributed by atoms with Gasteiger partial charge in [-0.25, -0.2) is 0 Å². The van der Waals surface area contributed by atoms with Crippen molar-refractivity contribution >= 4 is 11.4 Å². The molecule has 6 heteroatoms. The highest BCUT2D eigenvalue weighted by Crippen LogP contribution is 2.34. The fourth-order valence-electron chi connectivity index (χ4n) is 2.26. The number of fused-ring (bicyclic) bond motifs is 1. The maximum Gasteiger partial charge on any atom is 0.272 e. The third-order valence-corrected chi connectivity index (χ3v) is 3.47. The maximum absolute atomic E-state index is 10.9.